The van der Waals surface area contributed by atoms with Crippen LogP contribution in [0.5, 0.6) is 17.2 Å². The Morgan fingerprint density at radius 2 is 1.81 bits per heavy atom. The standard InChI is InChI=1S/C28H31ClN4O8S/c1-5-38-23(35)15-41-26-19(29)11-17(12-21(26)37-4)13-30-33-22(34)14-40-20-10-8-7-9-18(20)25-24(27(36)39-6-2)16(3)31-28(42)32-25/h7-13,25H,5-6,14-15H2,1-4H3,(H,33,34)(H2,31,32,42)/t25-/m1/s1. The number of nitrogens with one attached hydrogen (secondary N) is 3. The molecule has 0 aliphatic carbocycles. The van der Waals surface area contributed by atoms with Crippen LogP contribution in [0.15, 0.2) is 52.8 Å². The zero-order chi connectivity index (χ0) is 30.6. The van der Waals surface area contributed by atoms with Gasteiger partial charge in [-0.2, -0.15) is 5.10 Å². The molecule has 1 heterocycles. The second-order valence-electron chi connectivity index (χ2n) is 8.54. The minimum absolute atomic E-state index is 0.167. The van der Waals surface area contributed by atoms with Crippen molar-refractivity contribution in [1.29, 1.82) is 0 Å². The number of amides is 1. The molecule has 3 rings (SSSR count). The summed E-state index contributed by atoms with van der Waals surface area (Å²) in [5.74, 6) is -0.796. The number of benzene rings is 2. The van der Waals surface area contributed by atoms with Crippen molar-refractivity contribution in [3.8, 4) is 17.2 Å². The maximum Gasteiger partial charge on any atom is 0.344 e. The van der Waals surface area contributed by atoms with Gasteiger partial charge in [-0.15, -0.1) is 0 Å². The van der Waals surface area contributed by atoms with Crippen LogP contribution in [0.1, 0.15) is 37.9 Å². The van der Waals surface area contributed by atoms with E-state index in [-0.39, 0.29) is 42.9 Å². The molecule has 14 heteroatoms. The summed E-state index contributed by atoms with van der Waals surface area (Å²) in [6.45, 7) is 4.87. The zero-order valence-electron chi connectivity index (χ0n) is 23.4. The summed E-state index contributed by atoms with van der Waals surface area (Å²) in [5.41, 5.74) is 4.37. The Morgan fingerprint density at radius 3 is 2.52 bits per heavy atom. The average Bonchev–Trinajstić information content (AvgIpc) is 2.95. The lowest BCUT2D eigenvalue weighted by Crippen LogP contribution is -2.45. The Balaban J connectivity index is 1.66. The molecule has 0 radical (unpaired) electrons. The number of para-hydroxylation sites is 1. The Kier molecular flexibility index (Phi) is 11.9. The van der Waals surface area contributed by atoms with Crippen LogP contribution in [0.3, 0.4) is 0 Å². The first-order chi connectivity index (χ1) is 20.2. The van der Waals surface area contributed by atoms with Crippen LogP contribution in [0.2, 0.25) is 5.02 Å². The third-order valence-electron chi connectivity index (χ3n) is 5.65. The SMILES string of the molecule is CCOC(=O)COc1c(Cl)cc(C=NNC(=O)COc2ccccc2[C@H]2NC(=S)NC(C)=C2C(=O)OCC)cc1OC. The van der Waals surface area contributed by atoms with E-state index in [4.69, 9.17) is 47.5 Å². The molecular formula is C28H31ClN4O8S. The summed E-state index contributed by atoms with van der Waals surface area (Å²) in [7, 11) is 1.42. The number of halogens is 1. The Labute approximate surface area is 253 Å². The number of methoxy groups -OCH3 is 1. The van der Waals surface area contributed by atoms with Crippen molar-refractivity contribution in [2.75, 3.05) is 33.5 Å². The molecule has 12 nitrogen and oxygen atoms in total. The van der Waals surface area contributed by atoms with Crippen molar-refractivity contribution in [3.05, 3.63) is 63.8 Å². The number of hydrazone groups is 1. The summed E-state index contributed by atoms with van der Waals surface area (Å²) < 4.78 is 26.6. The Bertz CT molecular complexity index is 1400. The molecule has 42 heavy (non-hydrogen) atoms. The molecule has 1 aliphatic heterocycles. The Hall–Kier alpha value is -4.36. The van der Waals surface area contributed by atoms with E-state index in [1.807, 2.05) is 0 Å². The van der Waals surface area contributed by atoms with Gasteiger partial charge in [-0.25, -0.2) is 15.0 Å². The number of carbonyl (C=O) groups is 3. The lowest BCUT2D eigenvalue weighted by atomic mass is 9.95. The monoisotopic (exact) mass is 618 g/mol. The van der Waals surface area contributed by atoms with Gasteiger partial charge in [0.05, 0.1) is 43.2 Å². The van der Waals surface area contributed by atoms with Gasteiger partial charge in [-0.1, -0.05) is 29.8 Å². The first-order valence-corrected chi connectivity index (χ1v) is 13.6. The molecular weight excluding hydrogens is 588 g/mol. The molecule has 2 aromatic rings. The quantitative estimate of drug-likeness (QED) is 0.132. The minimum Gasteiger partial charge on any atom is -0.493 e. The summed E-state index contributed by atoms with van der Waals surface area (Å²) in [6.07, 6.45) is 1.36. The lowest BCUT2D eigenvalue weighted by Gasteiger charge is -2.30. The van der Waals surface area contributed by atoms with E-state index in [1.165, 1.54) is 19.4 Å². The van der Waals surface area contributed by atoms with Crippen molar-refractivity contribution in [3.63, 3.8) is 0 Å². The van der Waals surface area contributed by atoms with Gasteiger partial charge in [0, 0.05) is 11.3 Å². The van der Waals surface area contributed by atoms with Crippen molar-refractivity contribution >= 4 is 53.0 Å². The van der Waals surface area contributed by atoms with Gasteiger partial charge >= 0.3 is 11.9 Å². The fourth-order valence-corrected chi connectivity index (χ4v) is 4.44. The second-order valence-corrected chi connectivity index (χ2v) is 9.35. The Morgan fingerprint density at radius 1 is 1.07 bits per heavy atom. The topological polar surface area (TPSA) is 146 Å². The highest BCUT2D eigenvalue weighted by atomic mass is 35.5. The van der Waals surface area contributed by atoms with E-state index in [1.54, 1.807) is 51.1 Å². The number of rotatable bonds is 13. The maximum atomic E-state index is 12.7. The van der Waals surface area contributed by atoms with E-state index in [0.29, 0.717) is 33.3 Å². The van der Waals surface area contributed by atoms with E-state index >= 15 is 0 Å². The predicted molar refractivity (Wildman–Crippen MR) is 159 cm³/mol. The van der Waals surface area contributed by atoms with E-state index in [2.05, 4.69) is 21.2 Å². The third kappa shape index (κ3) is 8.57. The van der Waals surface area contributed by atoms with Crippen LogP contribution in [-0.2, 0) is 23.9 Å². The second kappa shape index (κ2) is 15.6. The highest BCUT2D eigenvalue weighted by Crippen LogP contribution is 2.36. The largest absolute Gasteiger partial charge is 0.493 e. The molecule has 0 unspecified atom stereocenters. The van der Waals surface area contributed by atoms with Gasteiger partial charge in [0.15, 0.2) is 29.8 Å². The molecule has 1 atom stereocenters. The van der Waals surface area contributed by atoms with E-state index in [0.717, 1.165) is 0 Å². The fraction of sp³-hybridized carbons (Fsp3) is 0.321. The van der Waals surface area contributed by atoms with Crippen molar-refractivity contribution in [2.45, 2.75) is 26.8 Å². The molecule has 3 N–H and O–H groups in total. The number of carbonyl (C=O) groups excluding carboxylic acids is 3. The van der Waals surface area contributed by atoms with Gasteiger partial charge in [0.1, 0.15) is 5.75 Å². The van der Waals surface area contributed by atoms with E-state index < -0.39 is 23.9 Å². The summed E-state index contributed by atoms with van der Waals surface area (Å²) >= 11 is 11.6. The first kappa shape index (κ1) is 32.2. The predicted octanol–water partition coefficient (Wildman–Crippen LogP) is 3.18. The number of thiocarbonyl (C=S) groups is 1. The first-order valence-electron chi connectivity index (χ1n) is 12.8. The smallest absolute Gasteiger partial charge is 0.344 e. The average molecular weight is 619 g/mol. The van der Waals surface area contributed by atoms with Crippen LogP contribution < -0.4 is 30.3 Å². The summed E-state index contributed by atoms with van der Waals surface area (Å²) in [6, 6.07) is 9.41. The molecule has 2 aromatic carbocycles. The number of esters is 2. The molecule has 1 aliphatic rings. The van der Waals surface area contributed by atoms with Crippen molar-refractivity contribution < 1.29 is 38.1 Å². The van der Waals surface area contributed by atoms with Gasteiger partial charge in [-0.05, 0) is 56.8 Å². The molecule has 0 aromatic heterocycles. The summed E-state index contributed by atoms with van der Waals surface area (Å²) in [4.78, 5) is 36.8. The van der Waals surface area contributed by atoms with Crippen LogP contribution in [0, 0.1) is 0 Å². The fourth-order valence-electron chi connectivity index (χ4n) is 3.90. The number of ether oxygens (including phenoxy) is 5. The van der Waals surface area contributed by atoms with Gasteiger partial charge in [0.25, 0.3) is 5.91 Å². The highest BCUT2D eigenvalue weighted by Gasteiger charge is 2.32. The van der Waals surface area contributed by atoms with E-state index in [9.17, 15) is 14.4 Å². The van der Waals surface area contributed by atoms with Crippen LogP contribution in [-0.4, -0.2) is 62.7 Å². The third-order valence-corrected chi connectivity index (χ3v) is 6.15. The molecule has 0 spiro atoms. The molecule has 0 bridgehead atoms. The summed E-state index contributed by atoms with van der Waals surface area (Å²) in [5, 5.41) is 10.5. The zero-order valence-corrected chi connectivity index (χ0v) is 25.0. The molecule has 224 valence electrons. The highest BCUT2D eigenvalue weighted by molar-refractivity contribution is 7.80. The maximum absolute atomic E-state index is 12.7. The number of nitrogens with zero attached hydrogens (tertiary/aromatic N) is 1. The molecule has 0 fully saturated rings. The van der Waals surface area contributed by atoms with Gasteiger partial charge in [0.2, 0.25) is 0 Å². The normalized spacial score (nSPS) is 14.5. The number of hydrogen-bond acceptors (Lipinski definition) is 10. The van der Waals surface area contributed by atoms with Crippen molar-refractivity contribution in [2.24, 2.45) is 5.10 Å². The molecule has 1 amide bonds. The minimum atomic E-state index is -0.654. The van der Waals surface area contributed by atoms with Crippen molar-refractivity contribution in [1.82, 2.24) is 16.1 Å². The molecule has 0 saturated carbocycles. The number of hydrogen-bond donors (Lipinski definition) is 3. The van der Waals surface area contributed by atoms with Crippen LogP contribution in [0.4, 0.5) is 0 Å². The van der Waals surface area contributed by atoms with Gasteiger partial charge in [-0.3, -0.25) is 4.79 Å². The van der Waals surface area contributed by atoms with Gasteiger partial charge < -0.3 is 34.3 Å². The van der Waals surface area contributed by atoms with Crippen LogP contribution in [0.25, 0.3) is 0 Å². The van der Waals surface area contributed by atoms with Crippen LogP contribution >= 0.6 is 23.8 Å². The molecule has 0 saturated heterocycles. The number of allylic oxidation sites excluding steroid dienone is 1. The lowest BCUT2D eigenvalue weighted by molar-refractivity contribution is -0.145.